The summed E-state index contributed by atoms with van der Waals surface area (Å²) in [4.78, 5) is 92.3. The lowest BCUT2D eigenvalue weighted by Gasteiger charge is -2.41. The van der Waals surface area contributed by atoms with E-state index in [-0.39, 0.29) is 37.0 Å². The first-order chi connectivity index (χ1) is 25.7. The summed E-state index contributed by atoms with van der Waals surface area (Å²) in [7, 11) is -3.78. The van der Waals surface area contributed by atoms with E-state index in [1.165, 1.54) is 12.1 Å². The molecule has 55 heavy (non-hydrogen) atoms. The summed E-state index contributed by atoms with van der Waals surface area (Å²) in [5, 5.41) is 22.3. The maximum atomic E-state index is 14.3. The van der Waals surface area contributed by atoms with Crippen LogP contribution in [0.15, 0.2) is 30.3 Å². The van der Waals surface area contributed by atoms with E-state index in [1.807, 2.05) is 27.7 Å². The lowest BCUT2D eigenvalue weighted by Crippen LogP contribution is -2.66. The molecule has 0 saturated heterocycles. The Morgan fingerprint density at radius 1 is 0.818 bits per heavy atom. The van der Waals surface area contributed by atoms with Crippen molar-refractivity contribution < 1.29 is 47.1 Å². The normalized spacial score (nSPS) is 16.8. The first-order valence-electron chi connectivity index (χ1n) is 19.0. The number of carbonyl (C=O) groups excluding carboxylic acids is 6. The third-order valence-electron chi connectivity index (χ3n) is 9.51. The standard InChI is InChI=1S/C38H60N6O10S/c1-8-15-27(32(46)35(49)39-22-30(45)42-31(36(50)51)25-16-11-9-12-17-25)40-33(47)28(20-23(2)3)41-37(52)38(6,26-18-13-10-14-19-26)43-34(48)29(21-24(4)5)44-55(7,53)54/h9,11-12,16-17,23-24,26-29,31,44H,8,10,13-15,18-22H2,1-7H3,(H,39,49)(H,40,47)(H,41,52)(H,42,45)(H,43,48)(H,50,51)/t27-,28+,29?,31+,38+/m1/s1. The number of aliphatic carboxylic acids is 1. The van der Waals surface area contributed by atoms with Crippen LogP contribution < -0.4 is 31.3 Å². The average molecular weight is 793 g/mol. The van der Waals surface area contributed by atoms with Gasteiger partial charge >= 0.3 is 5.97 Å². The molecule has 0 aromatic heterocycles. The number of carboxylic acid groups (broad SMARTS) is 1. The van der Waals surface area contributed by atoms with Gasteiger partial charge in [0.1, 0.15) is 17.6 Å². The molecule has 1 aromatic rings. The highest BCUT2D eigenvalue weighted by Crippen LogP contribution is 2.33. The molecule has 16 nitrogen and oxygen atoms in total. The highest BCUT2D eigenvalue weighted by Gasteiger charge is 2.45. The van der Waals surface area contributed by atoms with Crippen LogP contribution in [0.5, 0.6) is 0 Å². The quantitative estimate of drug-likeness (QED) is 0.0840. The fourth-order valence-electron chi connectivity index (χ4n) is 6.70. The van der Waals surface area contributed by atoms with E-state index in [4.69, 9.17) is 0 Å². The van der Waals surface area contributed by atoms with Gasteiger partial charge in [-0.3, -0.25) is 28.8 Å². The van der Waals surface area contributed by atoms with Crippen LogP contribution in [-0.4, -0.2) is 91.3 Å². The van der Waals surface area contributed by atoms with Gasteiger partial charge in [0.2, 0.25) is 39.4 Å². The Labute approximate surface area is 324 Å². The van der Waals surface area contributed by atoms with Gasteiger partial charge in [0.25, 0.3) is 5.91 Å². The Morgan fingerprint density at radius 3 is 1.93 bits per heavy atom. The minimum Gasteiger partial charge on any atom is -0.479 e. The topological polar surface area (TPSA) is 246 Å². The number of nitrogens with one attached hydrogen (secondary N) is 6. The van der Waals surface area contributed by atoms with E-state index in [0.717, 1.165) is 25.5 Å². The van der Waals surface area contributed by atoms with Gasteiger partial charge < -0.3 is 31.7 Å². The predicted molar refractivity (Wildman–Crippen MR) is 206 cm³/mol. The van der Waals surface area contributed by atoms with Gasteiger partial charge in [-0.2, -0.15) is 0 Å². The molecule has 1 saturated carbocycles. The van der Waals surface area contributed by atoms with Crippen molar-refractivity contribution in [2.24, 2.45) is 17.8 Å². The summed E-state index contributed by atoms with van der Waals surface area (Å²) in [6, 6.07) is 2.91. The molecule has 1 fully saturated rings. The van der Waals surface area contributed by atoms with Crippen LogP contribution in [0.4, 0.5) is 0 Å². The Hall–Kier alpha value is -4.38. The van der Waals surface area contributed by atoms with Crippen molar-refractivity contribution in [1.29, 1.82) is 0 Å². The van der Waals surface area contributed by atoms with Crippen molar-refractivity contribution in [3.8, 4) is 0 Å². The fraction of sp³-hybridized carbons (Fsp3) is 0.658. The maximum absolute atomic E-state index is 14.3. The molecule has 1 aliphatic carbocycles. The van der Waals surface area contributed by atoms with Gasteiger partial charge in [-0.25, -0.2) is 17.9 Å². The Balaban J connectivity index is 2.25. The SMILES string of the molecule is CCC[C@@H](NC(=O)[C@H](CC(C)C)NC(=O)[C@@](C)(NC(=O)C(CC(C)C)NS(C)(=O)=O)C1CCCCC1)C(=O)C(=O)NCC(=O)N[C@H](C(=O)O)c1ccccc1. The van der Waals surface area contributed by atoms with Crippen LogP contribution in [-0.2, 0) is 43.6 Å². The molecule has 0 radical (unpaired) electrons. The summed E-state index contributed by atoms with van der Waals surface area (Å²) >= 11 is 0. The number of ketones is 1. The Morgan fingerprint density at radius 2 is 1.40 bits per heavy atom. The molecule has 0 bridgehead atoms. The van der Waals surface area contributed by atoms with E-state index < -0.39 is 87.6 Å². The maximum Gasteiger partial charge on any atom is 0.330 e. The molecule has 308 valence electrons. The smallest absolute Gasteiger partial charge is 0.330 e. The van der Waals surface area contributed by atoms with Crippen molar-refractivity contribution in [3.63, 3.8) is 0 Å². The lowest BCUT2D eigenvalue weighted by atomic mass is 9.74. The van der Waals surface area contributed by atoms with E-state index in [0.29, 0.717) is 24.8 Å². The molecule has 5 amide bonds. The van der Waals surface area contributed by atoms with E-state index in [2.05, 4.69) is 31.3 Å². The summed E-state index contributed by atoms with van der Waals surface area (Å²) < 4.78 is 26.7. The molecular weight excluding hydrogens is 733 g/mol. The molecule has 0 heterocycles. The van der Waals surface area contributed by atoms with Crippen LogP contribution in [0.2, 0.25) is 0 Å². The second-order valence-corrected chi connectivity index (χ2v) is 17.2. The van der Waals surface area contributed by atoms with Crippen LogP contribution in [0.1, 0.15) is 111 Å². The highest BCUT2D eigenvalue weighted by atomic mass is 32.2. The highest BCUT2D eigenvalue weighted by molar-refractivity contribution is 7.88. The van der Waals surface area contributed by atoms with E-state index in [1.54, 1.807) is 32.0 Å². The van der Waals surface area contributed by atoms with Crippen LogP contribution >= 0.6 is 0 Å². The number of benzene rings is 1. The van der Waals surface area contributed by atoms with Gasteiger partial charge in [0.15, 0.2) is 6.04 Å². The van der Waals surface area contributed by atoms with Crippen molar-refractivity contribution in [2.75, 3.05) is 12.8 Å². The zero-order valence-electron chi connectivity index (χ0n) is 33.0. The number of amides is 5. The van der Waals surface area contributed by atoms with Crippen LogP contribution in [0, 0.1) is 17.8 Å². The monoisotopic (exact) mass is 792 g/mol. The Kier molecular flexibility index (Phi) is 18.4. The molecule has 1 aromatic carbocycles. The molecule has 5 atom stereocenters. The summed E-state index contributed by atoms with van der Waals surface area (Å²) in [5.74, 6) is -6.93. The molecule has 17 heteroatoms. The number of hydrogen-bond donors (Lipinski definition) is 7. The number of sulfonamides is 1. The van der Waals surface area contributed by atoms with Gasteiger partial charge in [0, 0.05) is 0 Å². The van der Waals surface area contributed by atoms with Crippen molar-refractivity contribution in [1.82, 2.24) is 31.3 Å². The first-order valence-corrected chi connectivity index (χ1v) is 20.9. The average Bonchev–Trinajstić information content (AvgIpc) is 3.11. The zero-order valence-corrected chi connectivity index (χ0v) is 33.8. The van der Waals surface area contributed by atoms with Crippen molar-refractivity contribution in [2.45, 2.75) is 129 Å². The van der Waals surface area contributed by atoms with Gasteiger partial charge in [0.05, 0.1) is 18.8 Å². The molecular formula is C38H60N6O10S. The van der Waals surface area contributed by atoms with Crippen LogP contribution in [0.25, 0.3) is 0 Å². The van der Waals surface area contributed by atoms with E-state index in [9.17, 15) is 47.1 Å². The van der Waals surface area contributed by atoms with Crippen molar-refractivity contribution in [3.05, 3.63) is 35.9 Å². The second kappa shape index (κ2) is 21.6. The number of hydrogen-bond acceptors (Lipinski definition) is 9. The third-order valence-corrected chi connectivity index (χ3v) is 10.2. The summed E-state index contributed by atoms with van der Waals surface area (Å²) in [5.41, 5.74) is -1.22. The summed E-state index contributed by atoms with van der Waals surface area (Å²) in [6.45, 7) is 9.97. The van der Waals surface area contributed by atoms with E-state index >= 15 is 0 Å². The minimum atomic E-state index is -3.78. The van der Waals surface area contributed by atoms with Crippen molar-refractivity contribution >= 4 is 51.3 Å². The molecule has 7 N–H and O–H groups in total. The second-order valence-electron chi connectivity index (χ2n) is 15.4. The van der Waals surface area contributed by atoms with Gasteiger partial charge in [-0.05, 0) is 62.3 Å². The molecule has 0 spiro atoms. The largest absolute Gasteiger partial charge is 0.479 e. The molecule has 2 rings (SSSR count). The molecule has 1 aliphatic rings. The third kappa shape index (κ3) is 15.3. The number of rotatable bonds is 22. The minimum absolute atomic E-state index is 0.0548. The number of carboxylic acids is 1. The number of carbonyl (C=O) groups is 7. The number of Topliss-reactive ketones (excluding diaryl/α,β-unsaturated/α-hetero) is 1. The molecule has 0 aliphatic heterocycles. The predicted octanol–water partition coefficient (Wildman–Crippen LogP) is 1.85. The fourth-order valence-corrected chi connectivity index (χ4v) is 7.42. The molecule has 1 unspecified atom stereocenters. The van der Waals surface area contributed by atoms with Crippen LogP contribution in [0.3, 0.4) is 0 Å². The van der Waals surface area contributed by atoms with Gasteiger partial charge in [-0.15, -0.1) is 0 Å². The lowest BCUT2D eigenvalue weighted by molar-refractivity contribution is -0.143. The first kappa shape index (κ1) is 46.8. The summed E-state index contributed by atoms with van der Waals surface area (Å²) in [6.07, 6.45) is 5.53. The Bertz CT molecular complexity index is 1610. The zero-order chi connectivity index (χ0) is 41.5. The van der Waals surface area contributed by atoms with Gasteiger partial charge in [-0.1, -0.05) is 90.6 Å².